The largest absolute Gasteiger partial charge is 0.445 e. The first-order valence-electron chi connectivity index (χ1n) is 11.1. The molecule has 2 N–H and O–H groups in total. The van der Waals surface area contributed by atoms with Crippen LogP contribution in [0.5, 0.6) is 0 Å². The van der Waals surface area contributed by atoms with E-state index in [0.717, 1.165) is 16.3 Å². The molecule has 1 saturated heterocycles. The van der Waals surface area contributed by atoms with Crippen LogP contribution in [-0.2, 0) is 11.3 Å². The Balaban J connectivity index is 1.13. The van der Waals surface area contributed by atoms with Gasteiger partial charge in [-0.2, -0.15) is 0 Å². The molecule has 180 valence electrons. The minimum atomic E-state index is -0.549. The van der Waals surface area contributed by atoms with Crippen molar-refractivity contribution < 1.29 is 18.7 Å². The number of carbonyl (C=O) groups is 2. The minimum absolute atomic E-state index is 0.243. The molecule has 35 heavy (non-hydrogen) atoms. The van der Waals surface area contributed by atoms with Gasteiger partial charge in [0.1, 0.15) is 12.3 Å². The third-order valence-electron chi connectivity index (χ3n) is 5.69. The van der Waals surface area contributed by atoms with Gasteiger partial charge in [0.25, 0.3) is 5.91 Å². The number of benzene rings is 2. The van der Waals surface area contributed by atoms with Crippen LogP contribution in [0.3, 0.4) is 0 Å². The van der Waals surface area contributed by atoms with Crippen LogP contribution in [0.4, 0.5) is 15.6 Å². The van der Waals surface area contributed by atoms with Crippen molar-refractivity contribution in [3.8, 4) is 0 Å². The fourth-order valence-electron chi connectivity index (χ4n) is 3.73. The lowest BCUT2D eigenvalue weighted by atomic mass is 10.2. The van der Waals surface area contributed by atoms with Gasteiger partial charge in [0.15, 0.2) is 10.7 Å². The van der Waals surface area contributed by atoms with Gasteiger partial charge in [0, 0.05) is 43.3 Å². The molecule has 5 rings (SSSR count). The number of hydrogen-bond donors (Lipinski definition) is 2. The number of carbonyl (C=O) groups excluding carboxylic acids is 2. The Kier molecular flexibility index (Phi) is 6.23. The van der Waals surface area contributed by atoms with E-state index in [4.69, 9.17) is 9.15 Å². The van der Waals surface area contributed by atoms with E-state index in [1.54, 1.807) is 28.5 Å². The molecule has 0 aliphatic carbocycles. The highest BCUT2D eigenvalue weighted by atomic mass is 32.1. The molecular formula is C24H23N5O5S. The maximum atomic E-state index is 12.6. The molecular weight excluding hydrogens is 470 g/mol. The van der Waals surface area contributed by atoms with Crippen LogP contribution >= 0.6 is 11.3 Å². The maximum Gasteiger partial charge on any atom is 0.417 e. The van der Waals surface area contributed by atoms with Gasteiger partial charge in [-0.05, 0) is 24.6 Å². The number of aromatic amines is 1. The fraction of sp³-hybridized carbons (Fsp3) is 0.250. The lowest BCUT2D eigenvalue weighted by molar-refractivity contribution is 0.0941. The van der Waals surface area contributed by atoms with Crippen molar-refractivity contribution in [2.24, 2.45) is 0 Å². The van der Waals surface area contributed by atoms with E-state index in [9.17, 15) is 14.4 Å². The van der Waals surface area contributed by atoms with Crippen LogP contribution in [0.2, 0.25) is 0 Å². The Morgan fingerprint density at radius 2 is 1.91 bits per heavy atom. The van der Waals surface area contributed by atoms with E-state index in [1.165, 1.54) is 11.3 Å². The normalized spacial score (nSPS) is 13.7. The van der Waals surface area contributed by atoms with Crippen molar-refractivity contribution in [2.45, 2.75) is 13.5 Å². The Bertz CT molecular complexity index is 1420. The Morgan fingerprint density at radius 1 is 1.14 bits per heavy atom. The Hall–Kier alpha value is -4.12. The molecule has 2 aromatic carbocycles. The fourth-order valence-corrected chi connectivity index (χ4v) is 4.59. The van der Waals surface area contributed by atoms with Gasteiger partial charge < -0.3 is 24.3 Å². The number of ether oxygens (including phenoxy) is 1. The second kappa shape index (κ2) is 9.63. The Morgan fingerprint density at radius 3 is 2.69 bits per heavy atom. The molecule has 2 aromatic heterocycles. The zero-order chi connectivity index (χ0) is 24.4. The van der Waals surface area contributed by atoms with Gasteiger partial charge in [0.05, 0.1) is 5.52 Å². The third-order valence-corrected chi connectivity index (χ3v) is 6.60. The van der Waals surface area contributed by atoms with E-state index in [2.05, 4.69) is 15.3 Å². The molecule has 0 atom stereocenters. The van der Waals surface area contributed by atoms with E-state index in [1.807, 2.05) is 36.1 Å². The van der Waals surface area contributed by atoms with Gasteiger partial charge in [-0.15, -0.1) is 11.3 Å². The highest BCUT2D eigenvalue weighted by Gasteiger charge is 2.24. The number of amides is 2. The predicted molar refractivity (Wildman–Crippen MR) is 132 cm³/mol. The topological polar surface area (TPSA) is 121 Å². The zero-order valence-corrected chi connectivity index (χ0v) is 19.8. The number of fused-ring (bicyclic) bond motifs is 1. The number of piperazine rings is 1. The van der Waals surface area contributed by atoms with Gasteiger partial charge >= 0.3 is 11.8 Å². The van der Waals surface area contributed by atoms with Gasteiger partial charge in [-0.1, -0.05) is 29.8 Å². The van der Waals surface area contributed by atoms with Gasteiger partial charge in [-0.3, -0.25) is 9.78 Å². The molecule has 10 nitrogen and oxygen atoms in total. The summed E-state index contributed by atoms with van der Waals surface area (Å²) in [7, 11) is 0. The summed E-state index contributed by atoms with van der Waals surface area (Å²) >= 11 is 1.37. The first kappa shape index (κ1) is 22.7. The van der Waals surface area contributed by atoms with Crippen LogP contribution in [-0.4, -0.2) is 53.0 Å². The third kappa shape index (κ3) is 5.19. The average molecular weight is 494 g/mol. The van der Waals surface area contributed by atoms with Gasteiger partial charge in [0.2, 0.25) is 0 Å². The number of anilines is 2. The first-order valence-corrected chi connectivity index (χ1v) is 11.9. The van der Waals surface area contributed by atoms with Crippen LogP contribution < -0.4 is 16.0 Å². The smallest absolute Gasteiger partial charge is 0.417 e. The van der Waals surface area contributed by atoms with E-state index >= 15 is 0 Å². The molecule has 1 fully saturated rings. The van der Waals surface area contributed by atoms with Crippen molar-refractivity contribution in [3.63, 3.8) is 0 Å². The summed E-state index contributed by atoms with van der Waals surface area (Å²) in [6.07, 6.45) is -0.334. The summed E-state index contributed by atoms with van der Waals surface area (Å²) in [4.78, 5) is 47.1. The molecule has 0 unspecified atom stereocenters. The number of H-pyrrole nitrogens is 1. The number of aromatic nitrogens is 2. The highest BCUT2D eigenvalue weighted by Crippen LogP contribution is 2.23. The highest BCUT2D eigenvalue weighted by molar-refractivity contribution is 7.14. The average Bonchev–Trinajstić information content (AvgIpc) is 3.50. The molecule has 0 spiro atoms. The summed E-state index contributed by atoms with van der Waals surface area (Å²) in [6.45, 7) is 4.46. The van der Waals surface area contributed by atoms with E-state index in [-0.39, 0.29) is 18.6 Å². The van der Waals surface area contributed by atoms with Crippen LogP contribution in [0, 0.1) is 6.92 Å². The van der Waals surface area contributed by atoms with Crippen LogP contribution in [0.1, 0.15) is 21.6 Å². The number of nitrogens with zero attached hydrogens (tertiary/aromatic N) is 3. The molecule has 0 bridgehead atoms. The van der Waals surface area contributed by atoms with Crippen LogP contribution in [0.15, 0.2) is 57.1 Å². The quantitative estimate of drug-likeness (QED) is 0.436. The Labute approximate surface area is 204 Å². The summed E-state index contributed by atoms with van der Waals surface area (Å²) < 4.78 is 10.5. The zero-order valence-electron chi connectivity index (χ0n) is 18.9. The number of oxazole rings is 1. The molecule has 2 amide bonds. The van der Waals surface area contributed by atoms with Gasteiger partial charge in [-0.25, -0.2) is 14.6 Å². The maximum absolute atomic E-state index is 12.6. The van der Waals surface area contributed by atoms with Crippen molar-refractivity contribution in [1.82, 2.24) is 14.9 Å². The molecule has 1 aliphatic rings. The molecule has 4 aromatic rings. The SMILES string of the molecule is Cc1ccc(COC(=O)N2CCN(c3nc(C(=O)Nc4ccc5[nH]c(=O)oc5c4)cs3)CC2)cc1. The predicted octanol–water partition coefficient (Wildman–Crippen LogP) is 3.60. The monoisotopic (exact) mass is 493 g/mol. The summed E-state index contributed by atoms with van der Waals surface area (Å²) in [6, 6.07) is 12.8. The first-order chi connectivity index (χ1) is 16.9. The van der Waals surface area contributed by atoms with Crippen molar-refractivity contribution >= 4 is 45.3 Å². The van der Waals surface area contributed by atoms with Crippen molar-refractivity contribution in [2.75, 3.05) is 36.4 Å². The second-order valence-electron chi connectivity index (χ2n) is 8.21. The minimum Gasteiger partial charge on any atom is -0.445 e. The number of thiazole rings is 1. The second-order valence-corrected chi connectivity index (χ2v) is 9.05. The number of aryl methyl sites for hydroxylation is 1. The number of hydrogen-bond acceptors (Lipinski definition) is 8. The van der Waals surface area contributed by atoms with Crippen LogP contribution in [0.25, 0.3) is 11.1 Å². The lowest BCUT2D eigenvalue weighted by Crippen LogP contribution is -2.48. The molecule has 11 heteroatoms. The van der Waals surface area contributed by atoms with Crippen molar-refractivity contribution in [3.05, 3.63) is 75.2 Å². The number of rotatable bonds is 5. The van der Waals surface area contributed by atoms with E-state index < -0.39 is 5.76 Å². The molecule has 0 radical (unpaired) electrons. The summed E-state index contributed by atoms with van der Waals surface area (Å²) in [5, 5.41) is 5.18. The number of nitrogens with one attached hydrogen (secondary N) is 2. The molecule has 3 heterocycles. The standard InChI is InChI=1S/C24H23N5O5S/c1-15-2-4-16(5-3-15)13-33-24(32)29-10-8-28(9-11-29)22-26-19(14-35-22)21(30)25-17-6-7-18-20(12-17)34-23(31)27-18/h2-7,12,14H,8-11,13H2,1H3,(H,25,30)(H,27,31). The van der Waals surface area contributed by atoms with E-state index in [0.29, 0.717) is 48.7 Å². The lowest BCUT2D eigenvalue weighted by Gasteiger charge is -2.33. The van der Waals surface area contributed by atoms with Crippen molar-refractivity contribution in [1.29, 1.82) is 0 Å². The molecule has 0 saturated carbocycles. The molecule has 1 aliphatic heterocycles. The summed E-state index contributed by atoms with van der Waals surface area (Å²) in [5.41, 5.74) is 3.82. The summed E-state index contributed by atoms with van der Waals surface area (Å²) in [5.74, 6) is -0.907.